The summed E-state index contributed by atoms with van der Waals surface area (Å²) in [6.45, 7) is 1.74. The number of aliphatic carboxylic acids is 1. The summed E-state index contributed by atoms with van der Waals surface area (Å²) in [5.74, 6) is -1.32. The maximum atomic E-state index is 12.1. The molecule has 1 fully saturated rings. The van der Waals surface area contributed by atoms with E-state index < -0.39 is 21.9 Å². The van der Waals surface area contributed by atoms with Crippen LogP contribution >= 0.6 is 22.9 Å². The summed E-state index contributed by atoms with van der Waals surface area (Å²) in [5.41, 5.74) is 0.724. The van der Waals surface area contributed by atoms with Crippen LogP contribution in [-0.4, -0.2) is 25.5 Å². The number of rotatable bonds is 4. The Morgan fingerprint density at radius 1 is 1.53 bits per heavy atom. The van der Waals surface area contributed by atoms with E-state index in [0.29, 0.717) is 23.6 Å². The average molecular weight is 324 g/mol. The Kier molecular flexibility index (Phi) is 4.20. The Morgan fingerprint density at radius 3 is 2.68 bits per heavy atom. The van der Waals surface area contributed by atoms with Crippen LogP contribution in [0.1, 0.15) is 24.8 Å². The van der Waals surface area contributed by atoms with Crippen molar-refractivity contribution in [2.24, 2.45) is 5.92 Å². The lowest BCUT2D eigenvalue weighted by molar-refractivity contribution is -0.141. The van der Waals surface area contributed by atoms with E-state index in [1.54, 1.807) is 6.92 Å². The van der Waals surface area contributed by atoms with Gasteiger partial charge in [-0.1, -0.05) is 11.6 Å². The van der Waals surface area contributed by atoms with Crippen LogP contribution in [0.2, 0.25) is 4.34 Å². The number of aryl methyl sites for hydroxylation is 1. The highest BCUT2D eigenvalue weighted by atomic mass is 35.5. The van der Waals surface area contributed by atoms with Crippen LogP contribution in [0.25, 0.3) is 0 Å². The molecule has 1 saturated carbocycles. The molecule has 1 aliphatic rings. The van der Waals surface area contributed by atoms with Crippen molar-refractivity contribution in [2.45, 2.75) is 36.4 Å². The first kappa shape index (κ1) is 14.8. The van der Waals surface area contributed by atoms with Crippen molar-refractivity contribution in [3.05, 3.63) is 16.0 Å². The predicted octanol–water partition coefficient (Wildman–Crippen LogP) is 2.24. The highest BCUT2D eigenvalue weighted by Gasteiger charge is 2.33. The number of halogens is 1. The van der Waals surface area contributed by atoms with E-state index in [4.69, 9.17) is 16.7 Å². The normalized spacial score (nSPS) is 23.7. The van der Waals surface area contributed by atoms with E-state index in [0.717, 1.165) is 16.9 Å². The molecule has 19 heavy (non-hydrogen) atoms. The molecule has 1 aliphatic carbocycles. The molecule has 1 aromatic rings. The molecule has 106 valence electrons. The van der Waals surface area contributed by atoms with Crippen LogP contribution in [0.5, 0.6) is 0 Å². The molecule has 0 aromatic carbocycles. The summed E-state index contributed by atoms with van der Waals surface area (Å²) in [7, 11) is -3.60. The molecule has 0 bridgehead atoms. The van der Waals surface area contributed by atoms with Crippen LogP contribution in [0.3, 0.4) is 0 Å². The van der Waals surface area contributed by atoms with Crippen LogP contribution in [0.15, 0.2) is 10.3 Å². The Morgan fingerprint density at radius 2 is 2.21 bits per heavy atom. The first-order valence-electron chi connectivity index (χ1n) is 5.80. The van der Waals surface area contributed by atoms with Crippen LogP contribution < -0.4 is 4.72 Å². The zero-order chi connectivity index (χ0) is 14.2. The van der Waals surface area contributed by atoms with Crippen molar-refractivity contribution >= 4 is 38.9 Å². The topological polar surface area (TPSA) is 83.5 Å². The fraction of sp³-hybridized carbons (Fsp3) is 0.545. The number of sulfonamides is 1. The molecule has 1 aromatic heterocycles. The molecule has 0 aliphatic heterocycles. The molecule has 0 radical (unpaired) electrons. The first-order chi connectivity index (χ1) is 8.79. The highest BCUT2D eigenvalue weighted by molar-refractivity contribution is 7.91. The molecule has 2 atom stereocenters. The van der Waals surface area contributed by atoms with Gasteiger partial charge in [0.25, 0.3) is 0 Å². The minimum Gasteiger partial charge on any atom is -0.481 e. The molecule has 5 nitrogen and oxygen atoms in total. The van der Waals surface area contributed by atoms with Crippen molar-refractivity contribution in [3.63, 3.8) is 0 Å². The molecule has 8 heteroatoms. The third-order valence-electron chi connectivity index (χ3n) is 3.20. The van der Waals surface area contributed by atoms with E-state index in [9.17, 15) is 13.2 Å². The number of carboxylic acids is 1. The molecule has 0 spiro atoms. The molecule has 1 heterocycles. The van der Waals surface area contributed by atoms with Crippen molar-refractivity contribution in [3.8, 4) is 0 Å². The van der Waals surface area contributed by atoms with Crippen molar-refractivity contribution in [1.82, 2.24) is 4.72 Å². The Labute approximate surface area is 120 Å². The molecule has 2 rings (SSSR count). The standard InChI is InChI=1S/C11H14ClNO4S2/c1-6-4-9(18-10(6)12)19(16,17)13-8-3-2-7(5-8)11(14)15/h4,7-8,13H,2-3,5H2,1H3,(H,14,15). The van der Waals surface area contributed by atoms with Gasteiger partial charge in [-0.15, -0.1) is 11.3 Å². The lowest BCUT2D eigenvalue weighted by atomic mass is 10.1. The monoisotopic (exact) mass is 323 g/mol. The molecule has 2 N–H and O–H groups in total. The number of hydrogen-bond acceptors (Lipinski definition) is 4. The number of hydrogen-bond donors (Lipinski definition) is 2. The molecule has 0 amide bonds. The minimum atomic E-state index is -3.60. The second kappa shape index (κ2) is 5.40. The fourth-order valence-corrected chi connectivity index (χ4v) is 5.16. The maximum absolute atomic E-state index is 12.1. The number of carbonyl (C=O) groups is 1. The number of carboxylic acid groups (broad SMARTS) is 1. The van der Waals surface area contributed by atoms with E-state index in [-0.39, 0.29) is 10.3 Å². The van der Waals surface area contributed by atoms with Crippen LogP contribution in [-0.2, 0) is 14.8 Å². The van der Waals surface area contributed by atoms with Gasteiger partial charge in [0, 0.05) is 6.04 Å². The SMILES string of the molecule is Cc1cc(S(=O)(=O)NC2CCC(C(=O)O)C2)sc1Cl. The van der Waals surface area contributed by atoms with E-state index in [2.05, 4.69) is 4.72 Å². The third kappa shape index (κ3) is 3.28. The van der Waals surface area contributed by atoms with Gasteiger partial charge in [0.1, 0.15) is 4.21 Å². The minimum absolute atomic E-state index is 0.175. The van der Waals surface area contributed by atoms with Crippen LogP contribution in [0, 0.1) is 12.8 Å². The smallest absolute Gasteiger partial charge is 0.306 e. The van der Waals surface area contributed by atoms with Gasteiger partial charge in [-0.25, -0.2) is 13.1 Å². The number of thiophene rings is 1. The summed E-state index contributed by atoms with van der Waals surface area (Å²) in [5, 5.41) is 8.89. The Balaban J connectivity index is 2.08. The second-order valence-corrected chi connectivity index (χ2v) is 8.28. The fourth-order valence-electron chi connectivity index (χ4n) is 2.15. The summed E-state index contributed by atoms with van der Waals surface area (Å²) in [6, 6.07) is 1.21. The Hall–Kier alpha value is -0.630. The largest absolute Gasteiger partial charge is 0.481 e. The first-order valence-corrected chi connectivity index (χ1v) is 8.48. The molecule has 2 unspecified atom stereocenters. The summed E-state index contributed by atoms with van der Waals surface area (Å²) in [6.07, 6.45) is 1.40. The van der Waals surface area contributed by atoms with Crippen molar-refractivity contribution in [1.29, 1.82) is 0 Å². The maximum Gasteiger partial charge on any atom is 0.306 e. The summed E-state index contributed by atoms with van der Waals surface area (Å²) >= 11 is 6.88. The molecular weight excluding hydrogens is 310 g/mol. The van der Waals surface area contributed by atoms with Gasteiger partial charge >= 0.3 is 5.97 Å². The zero-order valence-electron chi connectivity index (χ0n) is 10.2. The quantitative estimate of drug-likeness (QED) is 0.890. The average Bonchev–Trinajstić information content (AvgIpc) is 2.87. The zero-order valence-corrected chi connectivity index (χ0v) is 12.6. The van der Waals surface area contributed by atoms with Gasteiger partial charge in [-0.05, 0) is 37.8 Å². The summed E-state index contributed by atoms with van der Waals surface area (Å²) in [4.78, 5) is 10.8. The lowest BCUT2D eigenvalue weighted by Crippen LogP contribution is -2.32. The van der Waals surface area contributed by atoms with E-state index >= 15 is 0 Å². The predicted molar refractivity (Wildman–Crippen MR) is 73.2 cm³/mol. The number of nitrogens with one attached hydrogen (secondary N) is 1. The highest BCUT2D eigenvalue weighted by Crippen LogP contribution is 2.32. The molecule has 0 saturated heterocycles. The third-order valence-corrected chi connectivity index (χ3v) is 6.75. The van der Waals surface area contributed by atoms with Gasteiger partial charge in [0.2, 0.25) is 10.0 Å². The Bertz CT molecular complexity index is 576. The van der Waals surface area contributed by atoms with Gasteiger partial charge in [-0.2, -0.15) is 0 Å². The molecular formula is C11H14ClNO4S2. The van der Waals surface area contributed by atoms with Crippen molar-refractivity contribution < 1.29 is 18.3 Å². The van der Waals surface area contributed by atoms with Crippen LogP contribution in [0.4, 0.5) is 0 Å². The second-order valence-electron chi connectivity index (χ2n) is 4.69. The van der Waals surface area contributed by atoms with Gasteiger partial charge in [0.05, 0.1) is 10.3 Å². The van der Waals surface area contributed by atoms with Gasteiger partial charge in [-0.3, -0.25) is 4.79 Å². The van der Waals surface area contributed by atoms with Crippen molar-refractivity contribution in [2.75, 3.05) is 0 Å². The summed E-state index contributed by atoms with van der Waals surface area (Å²) < 4.78 is 27.4. The van der Waals surface area contributed by atoms with E-state index in [1.807, 2.05) is 0 Å². The van der Waals surface area contributed by atoms with Gasteiger partial charge in [0.15, 0.2) is 0 Å². The van der Waals surface area contributed by atoms with E-state index in [1.165, 1.54) is 6.07 Å². The van der Waals surface area contributed by atoms with Gasteiger partial charge < -0.3 is 5.11 Å². The lowest BCUT2D eigenvalue weighted by Gasteiger charge is -2.11.